The molecule has 2 aliphatic carbocycles. The summed E-state index contributed by atoms with van der Waals surface area (Å²) < 4.78 is 6.36. The normalized spacial score (nSPS) is 27.5. The van der Waals surface area contributed by atoms with Gasteiger partial charge in [-0.1, -0.05) is 49.4 Å². The molecule has 0 saturated heterocycles. The van der Waals surface area contributed by atoms with Crippen molar-refractivity contribution in [2.24, 2.45) is 11.8 Å². The zero-order valence-electron chi connectivity index (χ0n) is 18.8. The average Bonchev–Trinajstić information content (AvgIpc) is 2.81. The molecule has 1 aromatic rings. The van der Waals surface area contributed by atoms with Crippen LogP contribution >= 0.6 is 0 Å². The Morgan fingerprint density at radius 1 is 0.933 bits per heavy atom. The fourth-order valence-electron chi connectivity index (χ4n) is 5.15. The quantitative estimate of drug-likeness (QED) is 0.314. The van der Waals surface area contributed by atoms with Crippen LogP contribution in [0, 0.1) is 23.2 Å². The van der Waals surface area contributed by atoms with E-state index in [2.05, 4.69) is 37.3 Å². The van der Waals surface area contributed by atoms with Gasteiger partial charge in [-0.2, -0.15) is 5.26 Å². The molecule has 0 radical (unpaired) electrons. The highest BCUT2D eigenvalue weighted by atomic mass is 16.5. The third-order valence-electron chi connectivity index (χ3n) is 7.23. The first-order valence-electron chi connectivity index (χ1n) is 12.2. The molecule has 0 amide bonds. The fourth-order valence-corrected chi connectivity index (χ4v) is 5.15. The van der Waals surface area contributed by atoms with E-state index < -0.39 is 0 Å². The predicted octanol–water partition coefficient (Wildman–Crippen LogP) is 7.51. The lowest BCUT2D eigenvalue weighted by Crippen LogP contribution is -2.25. The number of nitriles is 1. The monoisotopic (exact) mass is 405 g/mol. The minimum absolute atomic E-state index is 0.495. The van der Waals surface area contributed by atoms with Crippen molar-refractivity contribution >= 4 is 0 Å². The first kappa shape index (κ1) is 22.8. The Labute approximate surface area is 184 Å². The number of aryl methyl sites for hydroxylation is 1. The molecule has 1 aromatic carbocycles. The van der Waals surface area contributed by atoms with Crippen molar-refractivity contribution in [3.05, 3.63) is 59.7 Å². The van der Waals surface area contributed by atoms with Gasteiger partial charge in [0.1, 0.15) is 0 Å². The Hall–Kier alpha value is -1.85. The van der Waals surface area contributed by atoms with Gasteiger partial charge in [-0.15, -0.1) is 0 Å². The summed E-state index contributed by atoms with van der Waals surface area (Å²) in [6, 6.07) is 11.4. The average molecular weight is 406 g/mol. The molecule has 2 fully saturated rings. The van der Waals surface area contributed by atoms with E-state index in [4.69, 9.17) is 10.00 Å². The maximum absolute atomic E-state index is 8.47. The van der Waals surface area contributed by atoms with Crippen molar-refractivity contribution in [3.63, 3.8) is 0 Å². The maximum Gasteiger partial charge on any atom is 0.0912 e. The van der Waals surface area contributed by atoms with Crippen molar-refractivity contribution in [1.82, 2.24) is 0 Å². The highest BCUT2D eigenvalue weighted by Crippen LogP contribution is 2.37. The summed E-state index contributed by atoms with van der Waals surface area (Å²) in [5.41, 5.74) is 2.99. The van der Waals surface area contributed by atoms with E-state index in [0.29, 0.717) is 6.10 Å². The second-order valence-corrected chi connectivity index (χ2v) is 9.28. The van der Waals surface area contributed by atoms with Crippen molar-refractivity contribution < 1.29 is 4.74 Å². The van der Waals surface area contributed by atoms with Gasteiger partial charge < -0.3 is 4.74 Å². The van der Waals surface area contributed by atoms with Gasteiger partial charge in [-0.3, -0.25) is 0 Å². The second kappa shape index (κ2) is 12.8. The summed E-state index contributed by atoms with van der Waals surface area (Å²) >= 11 is 0. The summed E-state index contributed by atoms with van der Waals surface area (Å²) in [4.78, 5) is 0. The summed E-state index contributed by atoms with van der Waals surface area (Å²) in [5, 5.41) is 8.47. The molecule has 30 heavy (non-hydrogen) atoms. The van der Waals surface area contributed by atoms with E-state index in [1.807, 2.05) is 18.2 Å². The van der Waals surface area contributed by atoms with E-state index >= 15 is 0 Å². The number of hydrogen-bond acceptors (Lipinski definition) is 2. The number of nitrogens with zero attached hydrogens (tertiary/aromatic N) is 1. The van der Waals surface area contributed by atoms with Gasteiger partial charge in [-0.05, 0) is 99.5 Å². The predicted molar refractivity (Wildman–Crippen MR) is 125 cm³/mol. The van der Waals surface area contributed by atoms with Crippen LogP contribution in [0.2, 0.25) is 0 Å². The number of benzene rings is 1. The molecular formula is C28H39NO. The highest BCUT2D eigenvalue weighted by molar-refractivity contribution is 5.25. The molecule has 0 heterocycles. The van der Waals surface area contributed by atoms with Gasteiger partial charge in [0.05, 0.1) is 12.2 Å². The Bertz CT molecular complexity index is 695. The van der Waals surface area contributed by atoms with Crippen LogP contribution in [0.25, 0.3) is 0 Å². The minimum Gasteiger partial charge on any atom is -0.378 e. The summed E-state index contributed by atoms with van der Waals surface area (Å²) in [6.45, 7) is 3.20. The third kappa shape index (κ3) is 7.44. The standard InChI is InChI=1S/C28H39NO/c1-2-23-9-15-26(16-10-23)27-17-11-25(12-18-27)22-30-28-19-13-24(14-20-28)8-6-4-3-5-7-21-29/h3-5,7,9-10,15-16,24-25,27-28H,2,6,8,11-14,17-20,22H2,1H3/t24-,25-,27-,28-. The SMILES string of the molecule is CCc1ccc([C@H]2CC[C@H](CO[C@H]3CC[C@H](CCC=CC=CC#N)CC3)CC2)cc1. The summed E-state index contributed by atoms with van der Waals surface area (Å²) in [5.74, 6) is 2.37. The first-order chi connectivity index (χ1) is 14.8. The second-order valence-electron chi connectivity index (χ2n) is 9.28. The van der Waals surface area contributed by atoms with Gasteiger partial charge in [0, 0.05) is 12.7 Å². The molecule has 2 aliphatic rings. The lowest BCUT2D eigenvalue weighted by Gasteiger charge is -2.32. The first-order valence-corrected chi connectivity index (χ1v) is 12.2. The summed E-state index contributed by atoms with van der Waals surface area (Å²) in [7, 11) is 0. The third-order valence-corrected chi connectivity index (χ3v) is 7.23. The van der Waals surface area contributed by atoms with Crippen LogP contribution in [-0.2, 0) is 11.2 Å². The Kier molecular flexibility index (Phi) is 9.71. The summed E-state index contributed by atoms with van der Waals surface area (Å²) in [6.07, 6.45) is 21.9. The van der Waals surface area contributed by atoms with E-state index in [0.717, 1.165) is 37.2 Å². The zero-order valence-corrected chi connectivity index (χ0v) is 18.8. The van der Waals surface area contributed by atoms with E-state index in [-0.39, 0.29) is 0 Å². The molecule has 0 unspecified atom stereocenters. The maximum atomic E-state index is 8.47. The molecule has 0 aromatic heterocycles. The lowest BCUT2D eigenvalue weighted by molar-refractivity contribution is -0.00824. The van der Waals surface area contributed by atoms with E-state index in [1.54, 1.807) is 5.56 Å². The number of allylic oxidation sites excluding steroid dienone is 4. The Morgan fingerprint density at radius 3 is 2.30 bits per heavy atom. The smallest absolute Gasteiger partial charge is 0.0912 e. The van der Waals surface area contributed by atoms with Gasteiger partial charge in [-0.25, -0.2) is 0 Å². The lowest BCUT2D eigenvalue weighted by atomic mass is 9.79. The molecule has 0 spiro atoms. The highest BCUT2D eigenvalue weighted by Gasteiger charge is 2.25. The molecule has 0 aliphatic heterocycles. The molecular weight excluding hydrogens is 366 g/mol. The van der Waals surface area contributed by atoms with E-state index in [1.165, 1.54) is 69.4 Å². The van der Waals surface area contributed by atoms with Crippen molar-refractivity contribution in [1.29, 1.82) is 5.26 Å². The van der Waals surface area contributed by atoms with Crippen LogP contribution in [0.5, 0.6) is 0 Å². The number of hydrogen-bond donors (Lipinski definition) is 0. The molecule has 3 rings (SSSR count). The van der Waals surface area contributed by atoms with Crippen LogP contribution in [-0.4, -0.2) is 12.7 Å². The minimum atomic E-state index is 0.495. The molecule has 2 saturated carbocycles. The molecule has 0 atom stereocenters. The van der Waals surface area contributed by atoms with Crippen LogP contribution in [0.4, 0.5) is 0 Å². The topological polar surface area (TPSA) is 33.0 Å². The molecule has 0 bridgehead atoms. The van der Waals surface area contributed by atoms with Gasteiger partial charge in [0.2, 0.25) is 0 Å². The van der Waals surface area contributed by atoms with Crippen molar-refractivity contribution in [3.8, 4) is 6.07 Å². The van der Waals surface area contributed by atoms with Gasteiger partial charge in [0.15, 0.2) is 0 Å². The van der Waals surface area contributed by atoms with Crippen molar-refractivity contribution in [2.45, 2.75) is 89.6 Å². The van der Waals surface area contributed by atoms with Gasteiger partial charge >= 0.3 is 0 Å². The number of rotatable bonds is 9. The van der Waals surface area contributed by atoms with Crippen LogP contribution in [0.3, 0.4) is 0 Å². The van der Waals surface area contributed by atoms with Crippen molar-refractivity contribution in [2.75, 3.05) is 6.61 Å². The number of ether oxygens (including phenoxy) is 1. The fraction of sp³-hybridized carbons (Fsp3) is 0.607. The van der Waals surface area contributed by atoms with E-state index in [9.17, 15) is 0 Å². The van der Waals surface area contributed by atoms with Crippen LogP contribution in [0.1, 0.15) is 88.2 Å². The Morgan fingerprint density at radius 2 is 1.63 bits per heavy atom. The molecule has 162 valence electrons. The molecule has 0 N–H and O–H groups in total. The van der Waals surface area contributed by atoms with Crippen LogP contribution < -0.4 is 0 Å². The molecule has 2 heteroatoms. The largest absolute Gasteiger partial charge is 0.378 e. The van der Waals surface area contributed by atoms with Crippen LogP contribution in [0.15, 0.2) is 48.6 Å². The van der Waals surface area contributed by atoms with Gasteiger partial charge in [0.25, 0.3) is 0 Å². The molecule has 2 nitrogen and oxygen atoms in total. The zero-order chi connectivity index (χ0) is 21.0. The Balaban J connectivity index is 1.28.